The van der Waals surface area contributed by atoms with Gasteiger partial charge in [0.1, 0.15) is 12.6 Å². The van der Waals surface area contributed by atoms with E-state index in [0.717, 1.165) is 35.6 Å². The van der Waals surface area contributed by atoms with E-state index in [1.807, 2.05) is 30.3 Å². The first-order valence-corrected chi connectivity index (χ1v) is 13.9. The molecule has 2 aliphatic rings. The van der Waals surface area contributed by atoms with Crippen molar-refractivity contribution in [1.82, 2.24) is 10.2 Å². The topological polar surface area (TPSA) is 105 Å². The van der Waals surface area contributed by atoms with E-state index in [1.54, 1.807) is 25.1 Å². The number of sulfonamides is 1. The van der Waals surface area contributed by atoms with Crippen molar-refractivity contribution >= 4 is 27.5 Å². The molecule has 0 spiro atoms. The number of rotatable bonds is 10. The molecule has 2 amide bonds. The van der Waals surface area contributed by atoms with Crippen LogP contribution in [0.2, 0.25) is 0 Å². The Morgan fingerprint density at radius 1 is 1.06 bits per heavy atom. The molecule has 1 heterocycles. The second-order valence-electron chi connectivity index (χ2n) is 9.12. The monoisotopic (exact) mass is 515 g/mol. The molecular weight excluding hydrogens is 482 g/mol. The van der Waals surface area contributed by atoms with Gasteiger partial charge in [0.05, 0.1) is 11.4 Å². The minimum Gasteiger partial charge on any atom is -0.454 e. The van der Waals surface area contributed by atoms with Crippen LogP contribution >= 0.6 is 0 Å². The van der Waals surface area contributed by atoms with Gasteiger partial charge in [-0.25, -0.2) is 8.42 Å². The molecule has 1 aliphatic carbocycles. The first-order chi connectivity index (χ1) is 17.3. The molecule has 0 aromatic heterocycles. The first kappa shape index (κ1) is 25.8. The van der Waals surface area contributed by atoms with Gasteiger partial charge in [0.2, 0.25) is 28.6 Å². The highest BCUT2D eigenvalue weighted by Crippen LogP contribution is 2.36. The number of benzene rings is 2. The number of hydrogen-bond donors (Lipinski definition) is 1. The maximum absolute atomic E-state index is 13.7. The SMILES string of the molecule is CCS(=O)(=O)N(CC(=O)N(Cc1ccccc1)[C@H](C)C(=O)NC1CCCC1)c1ccc2c(c1)OCO2. The summed E-state index contributed by atoms with van der Waals surface area (Å²) in [6, 6.07) is 13.5. The zero-order valence-corrected chi connectivity index (χ0v) is 21.5. The summed E-state index contributed by atoms with van der Waals surface area (Å²) >= 11 is 0. The summed E-state index contributed by atoms with van der Waals surface area (Å²) in [6.07, 6.45) is 4.01. The van der Waals surface area contributed by atoms with Gasteiger partial charge in [0.25, 0.3) is 0 Å². The molecule has 0 radical (unpaired) electrons. The Morgan fingerprint density at radius 3 is 2.44 bits per heavy atom. The predicted octanol–water partition coefficient (Wildman–Crippen LogP) is 3.05. The van der Waals surface area contributed by atoms with Crippen LogP contribution in [0.15, 0.2) is 48.5 Å². The molecule has 1 aliphatic heterocycles. The molecule has 0 unspecified atom stereocenters. The smallest absolute Gasteiger partial charge is 0.244 e. The largest absolute Gasteiger partial charge is 0.454 e. The van der Waals surface area contributed by atoms with E-state index in [9.17, 15) is 18.0 Å². The molecule has 0 saturated heterocycles. The Bertz CT molecular complexity index is 1180. The van der Waals surface area contributed by atoms with Crippen molar-refractivity contribution in [2.45, 2.75) is 58.2 Å². The van der Waals surface area contributed by atoms with Crippen LogP contribution in [0, 0.1) is 0 Å². The van der Waals surface area contributed by atoms with Gasteiger partial charge in [-0.1, -0.05) is 43.2 Å². The van der Waals surface area contributed by atoms with Crippen LogP contribution in [0.1, 0.15) is 45.1 Å². The Kier molecular flexibility index (Phi) is 8.03. The molecule has 1 atom stereocenters. The number of nitrogens with one attached hydrogen (secondary N) is 1. The minimum atomic E-state index is -3.81. The van der Waals surface area contributed by atoms with Crippen molar-refractivity contribution in [3.8, 4) is 11.5 Å². The summed E-state index contributed by atoms with van der Waals surface area (Å²) in [5.74, 6) is 0.0378. The van der Waals surface area contributed by atoms with Crippen LogP contribution in [0.4, 0.5) is 5.69 Å². The summed E-state index contributed by atoms with van der Waals surface area (Å²) in [4.78, 5) is 28.2. The minimum absolute atomic E-state index is 0.0523. The average Bonchev–Trinajstić information content (AvgIpc) is 3.57. The Hall–Kier alpha value is -3.27. The second kappa shape index (κ2) is 11.2. The third-order valence-electron chi connectivity index (χ3n) is 6.69. The van der Waals surface area contributed by atoms with E-state index in [4.69, 9.17) is 9.47 Å². The highest BCUT2D eigenvalue weighted by atomic mass is 32.2. The standard InChI is InChI=1S/C26H33N3O6S/c1-3-36(32,33)29(22-13-14-23-24(15-22)35-18-34-23)17-25(30)28(16-20-9-5-4-6-10-20)19(2)26(31)27-21-11-7-8-12-21/h4-6,9-10,13-15,19,21H,3,7-8,11-12,16-18H2,1-2H3,(H,27,31)/t19-/m1/s1. The van der Waals surface area contributed by atoms with Crippen LogP contribution < -0.4 is 19.1 Å². The molecule has 36 heavy (non-hydrogen) atoms. The molecule has 194 valence electrons. The van der Waals surface area contributed by atoms with E-state index >= 15 is 0 Å². The van der Waals surface area contributed by atoms with Crippen LogP contribution in [0.25, 0.3) is 0 Å². The summed E-state index contributed by atoms with van der Waals surface area (Å²) in [7, 11) is -3.81. The van der Waals surface area contributed by atoms with Crippen LogP contribution in [-0.4, -0.2) is 56.3 Å². The first-order valence-electron chi connectivity index (χ1n) is 12.3. The number of carbonyl (C=O) groups is 2. The molecule has 9 nitrogen and oxygen atoms in total. The fourth-order valence-electron chi connectivity index (χ4n) is 4.51. The van der Waals surface area contributed by atoms with Gasteiger partial charge in [-0.2, -0.15) is 0 Å². The third kappa shape index (κ3) is 5.92. The number of anilines is 1. The number of amides is 2. The van der Waals surface area contributed by atoms with E-state index in [0.29, 0.717) is 17.2 Å². The number of nitrogens with zero attached hydrogens (tertiary/aromatic N) is 2. The van der Waals surface area contributed by atoms with Gasteiger partial charge in [0.15, 0.2) is 11.5 Å². The summed E-state index contributed by atoms with van der Waals surface area (Å²) in [5, 5.41) is 3.06. The lowest BCUT2D eigenvalue weighted by atomic mass is 10.1. The van der Waals surface area contributed by atoms with Crippen LogP contribution in [0.3, 0.4) is 0 Å². The second-order valence-corrected chi connectivity index (χ2v) is 11.3. The quantitative estimate of drug-likeness (QED) is 0.522. The molecule has 0 bridgehead atoms. The third-order valence-corrected chi connectivity index (χ3v) is 8.43. The molecule has 1 fully saturated rings. The Labute approximate surface area is 212 Å². The zero-order valence-electron chi connectivity index (χ0n) is 20.7. The molecule has 1 saturated carbocycles. The van der Waals surface area contributed by atoms with Gasteiger partial charge in [-0.05, 0) is 44.4 Å². The lowest BCUT2D eigenvalue weighted by Gasteiger charge is -2.32. The van der Waals surface area contributed by atoms with Gasteiger partial charge < -0.3 is 19.7 Å². The molecule has 2 aromatic rings. The van der Waals surface area contributed by atoms with Crippen molar-refractivity contribution in [2.24, 2.45) is 0 Å². The van der Waals surface area contributed by atoms with Gasteiger partial charge in [-0.3, -0.25) is 13.9 Å². The van der Waals surface area contributed by atoms with Gasteiger partial charge in [-0.15, -0.1) is 0 Å². The highest BCUT2D eigenvalue weighted by molar-refractivity contribution is 7.92. The summed E-state index contributed by atoms with van der Waals surface area (Å²) in [5.41, 5.74) is 1.15. The van der Waals surface area contributed by atoms with E-state index in [2.05, 4.69) is 5.32 Å². The maximum Gasteiger partial charge on any atom is 0.244 e. The van der Waals surface area contributed by atoms with Crippen LogP contribution in [-0.2, 0) is 26.2 Å². The fourth-order valence-corrected chi connectivity index (χ4v) is 5.57. The van der Waals surface area contributed by atoms with Crippen LogP contribution in [0.5, 0.6) is 11.5 Å². The molecular formula is C26H33N3O6S. The van der Waals surface area contributed by atoms with Crippen molar-refractivity contribution in [2.75, 3.05) is 23.4 Å². The van der Waals surface area contributed by atoms with E-state index in [-0.39, 0.29) is 31.0 Å². The Morgan fingerprint density at radius 2 is 1.75 bits per heavy atom. The summed E-state index contributed by atoms with van der Waals surface area (Å²) < 4.78 is 37.9. The Balaban J connectivity index is 1.60. The average molecular weight is 516 g/mol. The normalized spacial score (nSPS) is 15.9. The number of carbonyl (C=O) groups excluding carboxylic acids is 2. The van der Waals surface area contributed by atoms with Gasteiger partial charge >= 0.3 is 0 Å². The maximum atomic E-state index is 13.7. The molecule has 2 aromatic carbocycles. The van der Waals surface area contributed by atoms with Gasteiger partial charge in [0, 0.05) is 18.7 Å². The summed E-state index contributed by atoms with van der Waals surface area (Å²) in [6.45, 7) is 3.00. The number of ether oxygens (including phenoxy) is 2. The lowest BCUT2D eigenvalue weighted by molar-refractivity contribution is -0.139. The number of hydrogen-bond acceptors (Lipinski definition) is 6. The van der Waals surface area contributed by atoms with Crippen molar-refractivity contribution < 1.29 is 27.5 Å². The highest BCUT2D eigenvalue weighted by Gasteiger charge is 2.32. The van der Waals surface area contributed by atoms with Crippen molar-refractivity contribution in [3.05, 3.63) is 54.1 Å². The fraction of sp³-hybridized carbons (Fsp3) is 0.462. The van der Waals surface area contributed by atoms with E-state index in [1.165, 1.54) is 11.8 Å². The van der Waals surface area contributed by atoms with Crippen molar-refractivity contribution in [1.29, 1.82) is 0 Å². The zero-order chi connectivity index (χ0) is 25.7. The van der Waals surface area contributed by atoms with Crippen molar-refractivity contribution in [3.63, 3.8) is 0 Å². The molecule has 10 heteroatoms. The molecule has 4 rings (SSSR count). The lowest BCUT2D eigenvalue weighted by Crippen LogP contribution is -2.52. The number of fused-ring (bicyclic) bond motifs is 1. The molecule has 1 N–H and O–H groups in total. The predicted molar refractivity (Wildman–Crippen MR) is 136 cm³/mol. The van der Waals surface area contributed by atoms with E-state index < -0.39 is 28.5 Å².